The van der Waals surface area contributed by atoms with Gasteiger partial charge in [-0.3, -0.25) is 9.97 Å². The summed E-state index contributed by atoms with van der Waals surface area (Å²) in [5.41, 5.74) is 6.60. The molecule has 22 heavy (non-hydrogen) atoms. The lowest BCUT2D eigenvalue weighted by Gasteiger charge is -2.19. The van der Waals surface area contributed by atoms with Crippen molar-refractivity contribution in [2.45, 2.75) is 40.9 Å². The van der Waals surface area contributed by atoms with Crippen molar-refractivity contribution in [1.82, 2.24) is 9.97 Å². The van der Waals surface area contributed by atoms with Crippen molar-refractivity contribution in [2.24, 2.45) is 0 Å². The number of hydrogen-bond acceptors (Lipinski definition) is 4. The van der Waals surface area contributed by atoms with Gasteiger partial charge in [-0.1, -0.05) is 0 Å². The number of aryl methyl sites for hydroxylation is 2. The fourth-order valence-corrected chi connectivity index (χ4v) is 2.56. The highest BCUT2D eigenvalue weighted by Crippen LogP contribution is 2.32. The Bertz CT molecular complexity index is 580. The second-order valence-corrected chi connectivity index (χ2v) is 5.12. The van der Waals surface area contributed by atoms with E-state index in [1.807, 2.05) is 52.2 Å². The van der Waals surface area contributed by atoms with Crippen LogP contribution in [0.3, 0.4) is 0 Å². The summed E-state index contributed by atoms with van der Waals surface area (Å²) in [5.74, 6) is 0. The molecule has 0 radical (unpaired) electrons. The van der Waals surface area contributed by atoms with Gasteiger partial charge in [-0.2, -0.15) is 0 Å². The third-order valence-electron chi connectivity index (χ3n) is 3.68. The summed E-state index contributed by atoms with van der Waals surface area (Å²) in [5, 5.41) is 0. The third kappa shape index (κ3) is 3.70. The summed E-state index contributed by atoms with van der Waals surface area (Å²) in [4.78, 5) is 8.81. The van der Waals surface area contributed by atoms with Crippen molar-refractivity contribution < 1.29 is 9.47 Å². The first-order chi connectivity index (χ1) is 10.7. The van der Waals surface area contributed by atoms with Crippen molar-refractivity contribution in [3.8, 4) is 11.1 Å². The maximum Gasteiger partial charge on any atom is 0.0740 e. The van der Waals surface area contributed by atoms with Gasteiger partial charge in [0.2, 0.25) is 0 Å². The number of aromatic nitrogens is 2. The molecule has 118 valence electrons. The second kappa shape index (κ2) is 8.01. The first kappa shape index (κ1) is 16.6. The van der Waals surface area contributed by atoms with E-state index in [-0.39, 0.29) is 0 Å². The predicted octanol–water partition coefficient (Wildman–Crippen LogP) is 3.83. The van der Waals surface area contributed by atoms with Crippen LogP contribution in [-0.2, 0) is 22.7 Å². The van der Waals surface area contributed by atoms with Gasteiger partial charge in [-0.05, 0) is 51.0 Å². The molecule has 0 aromatic carbocycles. The summed E-state index contributed by atoms with van der Waals surface area (Å²) in [6.07, 6.45) is 3.63. The molecule has 0 N–H and O–H groups in total. The van der Waals surface area contributed by atoms with E-state index in [2.05, 4.69) is 9.97 Å². The summed E-state index contributed by atoms with van der Waals surface area (Å²) < 4.78 is 11.3. The molecule has 0 saturated heterocycles. The van der Waals surface area contributed by atoms with Crippen LogP contribution in [0, 0.1) is 13.8 Å². The summed E-state index contributed by atoms with van der Waals surface area (Å²) in [6, 6.07) is 4.05. The van der Waals surface area contributed by atoms with Gasteiger partial charge in [0.15, 0.2) is 0 Å². The van der Waals surface area contributed by atoms with Crippen LogP contribution < -0.4 is 0 Å². The SMILES string of the molecule is CCOCc1c(C)nc(C)c(COCC)c1-c1ccncc1. The standard InChI is InChI=1S/C18H24N2O2/c1-5-21-11-16-13(3)20-14(4)17(12-22-6-2)18(16)15-7-9-19-10-8-15/h7-10H,5-6,11-12H2,1-4H3. The number of hydrogen-bond donors (Lipinski definition) is 0. The van der Waals surface area contributed by atoms with Crippen LogP contribution in [0.4, 0.5) is 0 Å². The van der Waals surface area contributed by atoms with Crippen LogP contribution in [0.5, 0.6) is 0 Å². The van der Waals surface area contributed by atoms with Crippen LogP contribution in [0.25, 0.3) is 11.1 Å². The molecule has 0 amide bonds. The number of rotatable bonds is 7. The van der Waals surface area contributed by atoms with E-state index in [0.717, 1.165) is 28.1 Å². The number of ether oxygens (including phenoxy) is 2. The zero-order valence-corrected chi connectivity index (χ0v) is 13.8. The Balaban J connectivity index is 2.61. The van der Waals surface area contributed by atoms with E-state index in [0.29, 0.717) is 26.4 Å². The molecule has 0 aliphatic rings. The van der Waals surface area contributed by atoms with E-state index in [1.54, 1.807) is 0 Å². The minimum atomic E-state index is 0.562. The zero-order valence-electron chi connectivity index (χ0n) is 13.8. The maximum absolute atomic E-state index is 5.67. The minimum absolute atomic E-state index is 0.562. The molecule has 2 heterocycles. The summed E-state index contributed by atoms with van der Waals surface area (Å²) in [7, 11) is 0. The predicted molar refractivity (Wildman–Crippen MR) is 87.6 cm³/mol. The first-order valence-corrected chi connectivity index (χ1v) is 7.73. The topological polar surface area (TPSA) is 44.2 Å². The van der Waals surface area contributed by atoms with Gasteiger partial charge in [0.1, 0.15) is 0 Å². The van der Waals surface area contributed by atoms with E-state index in [9.17, 15) is 0 Å². The molecular weight excluding hydrogens is 276 g/mol. The van der Waals surface area contributed by atoms with Crippen molar-refractivity contribution >= 4 is 0 Å². The lowest BCUT2D eigenvalue weighted by molar-refractivity contribution is 0.129. The molecule has 0 saturated carbocycles. The lowest BCUT2D eigenvalue weighted by Crippen LogP contribution is -2.08. The molecule has 2 aromatic rings. The van der Waals surface area contributed by atoms with Crippen LogP contribution >= 0.6 is 0 Å². The smallest absolute Gasteiger partial charge is 0.0740 e. The minimum Gasteiger partial charge on any atom is -0.377 e. The highest BCUT2D eigenvalue weighted by molar-refractivity contribution is 5.72. The molecule has 4 nitrogen and oxygen atoms in total. The van der Waals surface area contributed by atoms with Gasteiger partial charge in [-0.15, -0.1) is 0 Å². The second-order valence-electron chi connectivity index (χ2n) is 5.12. The van der Waals surface area contributed by atoms with Gasteiger partial charge in [0.25, 0.3) is 0 Å². The molecule has 0 fully saturated rings. The average Bonchev–Trinajstić information content (AvgIpc) is 2.53. The van der Waals surface area contributed by atoms with Crippen molar-refractivity contribution in [3.63, 3.8) is 0 Å². The fourth-order valence-electron chi connectivity index (χ4n) is 2.56. The molecule has 0 unspecified atom stereocenters. The van der Waals surface area contributed by atoms with E-state index in [1.165, 1.54) is 5.56 Å². The molecule has 2 rings (SSSR count). The van der Waals surface area contributed by atoms with Crippen molar-refractivity contribution in [3.05, 3.63) is 47.0 Å². The van der Waals surface area contributed by atoms with Crippen LogP contribution in [0.1, 0.15) is 36.4 Å². The first-order valence-electron chi connectivity index (χ1n) is 7.73. The molecule has 2 aromatic heterocycles. The largest absolute Gasteiger partial charge is 0.377 e. The van der Waals surface area contributed by atoms with Gasteiger partial charge < -0.3 is 9.47 Å². The lowest BCUT2D eigenvalue weighted by atomic mass is 9.94. The fraction of sp³-hybridized carbons (Fsp3) is 0.444. The molecule has 4 heteroatoms. The Labute approximate surface area is 132 Å². The molecule has 0 bridgehead atoms. The maximum atomic E-state index is 5.67. The van der Waals surface area contributed by atoms with Crippen LogP contribution in [-0.4, -0.2) is 23.2 Å². The summed E-state index contributed by atoms with van der Waals surface area (Å²) in [6.45, 7) is 10.6. The molecule has 0 spiro atoms. The highest BCUT2D eigenvalue weighted by atomic mass is 16.5. The van der Waals surface area contributed by atoms with Crippen LogP contribution in [0.2, 0.25) is 0 Å². The van der Waals surface area contributed by atoms with Gasteiger partial charge in [0.05, 0.1) is 13.2 Å². The summed E-state index contributed by atoms with van der Waals surface area (Å²) >= 11 is 0. The monoisotopic (exact) mass is 300 g/mol. The molecule has 0 aliphatic heterocycles. The van der Waals surface area contributed by atoms with Crippen molar-refractivity contribution in [1.29, 1.82) is 0 Å². The Morgan fingerprint density at radius 1 is 0.864 bits per heavy atom. The Morgan fingerprint density at radius 2 is 1.36 bits per heavy atom. The molecule has 0 atom stereocenters. The van der Waals surface area contributed by atoms with Crippen molar-refractivity contribution in [2.75, 3.05) is 13.2 Å². The molecular formula is C18H24N2O2. The molecule has 0 aliphatic carbocycles. The highest BCUT2D eigenvalue weighted by Gasteiger charge is 2.17. The number of nitrogens with zero attached hydrogens (tertiary/aromatic N) is 2. The van der Waals surface area contributed by atoms with Gasteiger partial charge >= 0.3 is 0 Å². The Morgan fingerprint density at radius 3 is 1.82 bits per heavy atom. The third-order valence-corrected chi connectivity index (χ3v) is 3.68. The average molecular weight is 300 g/mol. The Hall–Kier alpha value is -1.78. The van der Waals surface area contributed by atoms with Gasteiger partial charge in [0, 0.05) is 48.1 Å². The quantitative estimate of drug-likeness (QED) is 0.779. The number of pyridine rings is 2. The Kier molecular flexibility index (Phi) is 6.04. The van der Waals surface area contributed by atoms with Crippen LogP contribution in [0.15, 0.2) is 24.5 Å². The normalized spacial score (nSPS) is 10.9. The van der Waals surface area contributed by atoms with E-state index in [4.69, 9.17) is 9.47 Å². The van der Waals surface area contributed by atoms with E-state index >= 15 is 0 Å². The van der Waals surface area contributed by atoms with Gasteiger partial charge in [-0.25, -0.2) is 0 Å². The zero-order chi connectivity index (χ0) is 15.9. The van der Waals surface area contributed by atoms with E-state index < -0.39 is 0 Å².